The maximum absolute atomic E-state index is 12.2. The molecule has 120 valence electrons. The van der Waals surface area contributed by atoms with Gasteiger partial charge in [-0.2, -0.15) is 0 Å². The third-order valence-electron chi connectivity index (χ3n) is 4.32. The molecule has 0 saturated carbocycles. The van der Waals surface area contributed by atoms with Gasteiger partial charge in [0, 0.05) is 37.0 Å². The molecule has 4 nitrogen and oxygen atoms in total. The maximum Gasteiger partial charge on any atom is 0.251 e. The number of carbonyl (C=O) groups is 1. The molecule has 2 aromatic rings. The molecular formula is C19H22N2O2. The van der Waals surface area contributed by atoms with Gasteiger partial charge in [-0.15, -0.1) is 0 Å². The first-order valence-corrected chi connectivity index (χ1v) is 8.10. The molecule has 23 heavy (non-hydrogen) atoms. The smallest absolute Gasteiger partial charge is 0.251 e. The van der Waals surface area contributed by atoms with Gasteiger partial charge in [-0.25, -0.2) is 0 Å². The summed E-state index contributed by atoms with van der Waals surface area (Å²) >= 11 is 0. The van der Waals surface area contributed by atoms with Crippen LogP contribution in [-0.4, -0.2) is 24.0 Å². The predicted octanol–water partition coefficient (Wildman–Crippen LogP) is 3.29. The number of hydrogen-bond acceptors (Lipinski definition) is 3. The Morgan fingerprint density at radius 1 is 1.22 bits per heavy atom. The Morgan fingerprint density at radius 2 is 1.96 bits per heavy atom. The molecule has 4 heteroatoms. The Morgan fingerprint density at radius 3 is 2.70 bits per heavy atom. The molecular weight excluding hydrogens is 288 g/mol. The second-order valence-corrected chi connectivity index (χ2v) is 6.05. The minimum absolute atomic E-state index is 0.0550. The number of carbonyl (C=O) groups excluding carboxylic acids is 1. The highest BCUT2D eigenvalue weighted by atomic mass is 16.5. The van der Waals surface area contributed by atoms with E-state index in [1.165, 1.54) is 11.1 Å². The van der Waals surface area contributed by atoms with Crippen LogP contribution in [0.3, 0.4) is 0 Å². The number of ether oxygens (including phenoxy) is 1. The van der Waals surface area contributed by atoms with Crippen LogP contribution >= 0.6 is 0 Å². The largest absolute Gasteiger partial charge is 0.373 e. The summed E-state index contributed by atoms with van der Waals surface area (Å²) in [5, 5.41) is 3.03. The van der Waals surface area contributed by atoms with E-state index in [0.29, 0.717) is 18.0 Å². The molecule has 1 aromatic heterocycles. The monoisotopic (exact) mass is 310 g/mol. The normalized spacial score (nSPS) is 20.9. The summed E-state index contributed by atoms with van der Waals surface area (Å²) in [5.74, 6) is 0.248. The highest BCUT2D eigenvalue weighted by Crippen LogP contribution is 2.33. The van der Waals surface area contributed by atoms with Crippen LogP contribution in [0.4, 0.5) is 0 Å². The topological polar surface area (TPSA) is 51.2 Å². The van der Waals surface area contributed by atoms with E-state index < -0.39 is 0 Å². The van der Waals surface area contributed by atoms with E-state index >= 15 is 0 Å². The van der Waals surface area contributed by atoms with Crippen molar-refractivity contribution in [2.24, 2.45) is 5.92 Å². The van der Waals surface area contributed by atoms with E-state index in [-0.39, 0.29) is 12.0 Å². The fourth-order valence-electron chi connectivity index (χ4n) is 3.01. The van der Waals surface area contributed by atoms with Gasteiger partial charge < -0.3 is 10.1 Å². The van der Waals surface area contributed by atoms with Crippen molar-refractivity contribution in [2.45, 2.75) is 25.9 Å². The fraction of sp³-hybridized carbons (Fsp3) is 0.368. The molecule has 0 radical (unpaired) electrons. The molecule has 1 fully saturated rings. The van der Waals surface area contributed by atoms with E-state index in [1.807, 2.05) is 0 Å². The van der Waals surface area contributed by atoms with E-state index in [4.69, 9.17) is 4.74 Å². The summed E-state index contributed by atoms with van der Waals surface area (Å²) in [7, 11) is 0. The second kappa shape index (κ2) is 7.38. The van der Waals surface area contributed by atoms with E-state index in [0.717, 1.165) is 19.4 Å². The van der Waals surface area contributed by atoms with E-state index in [2.05, 4.69) is 41.5 Å². The Labute approximate surface area is 136 Å². The zero-order valence-corrected chi connectivity index (χ0v) is 13.4. The molecule has 1 saturated heterocycles. The van der Waals surface area contributed by atoms with Crippen molar-refractivity contribution >= 4 is 5.91 Å². The van der Waals surface area contributed by atoms with E-state index in [1.54, 1.807) is 24.5 Å². The fourth-order valence-corrected chi connectivity index (χ4v) is 3.01. The summed E-state index contributed by atoms with van der Waals surface area (Å²) in [5.41, 5.74) is 3.08. The number of hydrogen-bond donors (Lipinski definition) is 1. The number of amides is 1. The number of aryl methyl sites for hydroxylation is 1. The van der Waals surface area contributed by atoms with Gasteiger partial charge in [0.2, 0.25) is 0 Å². The highest BCUT2D eigenvalue weighted by Gasteiger charge is 2.27. The van der Waals surface area contributed by atoms with E-state index in [9.17, 15) is 4.79 Å². The lowest BCUT2D eigenvalue weighted by atomic mass is 9.89. The van der Waals surface area contributed by atoms with Crippen LogP contribution < -0.4 is 5.32 Å². The lowest BCUT2D eigenvalue weighted by Gasteiger charge is -2.32. The Bertz CT molecular complexity index is 640. The number of benzene rings is 1. The second-order valence-electron chi connectivity index (χ2n) is 6.05. The van der Waals surface area contributed by atoms with Crippen LogP contribution in [0.25, 0.3) is 0 Å². The maximum atomic E-state index is 12.2. The van der Waals surface area contributed by atoms with Gasteiger partial charge in [0.15, 0.2) is 0 Å². The number of aromatic nitrogens is 1. The first-order chi connectivity index (χ1) is 11.2. The lowest BCUT2D eigenvalue weighted by molar-refractivity contribution is -0.0272. The molecule has 1 amide bonds. The number of nitrogens with zero attached hydrogens (tertiary/aromatic N) is 1. The van der Waals surface area contributed by atoms with Gasteiger partial charge in [0.25, 0.3) is 5.91 Å². The van der Waals surface area contributed by atoms with Crippen molar-refractivity contribution in [1.82, 2.24) is 10.3 Å². The Balaban J connectivity index is 1.65. The van der Waals surface area contributed by atoms with Crippen molar-refractivity contribution in [2.75, 3.05) is 13.2 Å². The third kappa shape index (κ3) is 3.96. The Kier molecular flexibility index (Phi) is 5.03. The average Bonchev–Trinajstić information content (AvgIpc) is 2.61. The first-order valence-electron chi connectivity index (χ1n) is 8.10. The van der Waals surface area contributed by atoms with Crippen molar-refractivity contribution in [3.63, 3.8) is 0 Å². The van der Waals surface area contributed by atoms with Crippen LogP contribution in [0.2, 0.25) is 0 Å². The molecule has 0 bridgehead atoms. The molecule has 1 N–H and O–H groups in total. The van der Waals surface area contributed by atoms with Crippen LogP contribution in [-0.2, 0) is 4.74 Å². The van der Waals surface area contributed by atoms with Gasteiger partial charge >= 0.3 is 0 Å². The molecule has 1 aromatic carbocycles. The summed E-state index contributed by atoms with van der Waals surface area (Å²) in [6, 6.07) is 11.9. The van der Waals surface area contributed by atoms with Gasteiger partial charge in [-0.3, -0.25) is 9.78 Å². The zero-order chi connectivity index (χ0) is 16.1. The summed E-state index contributed by atoms with van der Waals surface area (Å²) in [4.78, 5) is 16.1. The van der Waals surface area contributed by atoms with Gasteiger partial charge in [-0.05, 0) is 37.5 Å². The van der Waals surface area contributed by atoms with Crippen LogP contribution in [0, 0.1) is 12.8 Å². The van der Waals surface area contributed by atoms with Crippen LogP contribution in [0.5, 0.6) is 0 Å². The lowest BCUT2D eigenvalue weighted by Crippen LogP contribution is -2.35. The summed E-state index contributed by atoms with van der Waals surface area (Å²) in [6.07, 6.45) is 5.43. The third-order valence-corrected chi connectivity index (χ3v) is 4.32. The molecule has 2 heterocycles. The zero-order valence-electron chi connectivity index (χ0n) is 13.4. The number of nitrogens with one attached hydrogen (secondary N) is 1. The highest BCUT2D eigenvalue weighted by molar-refractivity contribution is 5.93. The summed E-state index contributed by atoms with van der Waals surface area (Å²) in [6.45, 7) is 3.49. The molecule has 3 rings (SSSR count). The number of pyridine rings is 1. The molecule has 2 atom stereocenters. The van der Waals surface area contributed by atoms with Gasteiger partial charge in [0.1, 0.15) is 0 Å². The van der Waals surface area contributed by atoms with Crippen molar-refractivity contribution in [3.05, 3.63) is 65.5 Å². The van der Waals surface area contributed by atoms with Crippen LogP contribution in [0.1, 0.15) is 40.4 Å². The molecule has 0 spiro atoms. The van der Waals surface area contributed by atoms with Gasteiger partial charge in [-0.1, -0.05) is 29.8 Å². The van der Waals surface area contributed by atoms with Crippen molar-refractivity contribution in [1.29, 1.82) is 0 Å². The minimum atomic E-state index is -0.0550. The quantitative estimate of drug-likeness (QED) is 0.943. The minimum Gasteiger partial charge on any atom is -0.373 e. The number of rotatable bonds is 4. The molecule has 1 aliphatic heterocycles. The first kappa shape index (κ1) is 15.7. The van der Waals surface area contributed by atoms with Gasteiger partial charge in [0.05, 0.1) is 6.10 Å². The molecule has 1 aliphatic rings. The molecule has 0 unspecified atom stereocenters. The Hall–Kier alpha value is -2.20. The standard InChI is InChI=1S/C19H22N2O2/c1-14-4-6-15(7-5-14)18-17(3-2-12-23-18)13-21-19(22)16-8-10-20-11-9-16/h4-11,17-18H,2-3,12-13H2,1H3,(H,21,22)/t17-,18-/m0/s1. The SMILES string of the molecule is Cc1ccc([C@@H]2OCCC[C@H]2CNC(=O)c2ccncc2)cc1. The summed E-state index contributed by atoms with van der Waals surface area (Å²) < 4.78 is 5.99. The van der Waals surface area contributed by atoms with Crippen molar-refractivity contribution in [3.8, 4) is 0 Å². The predicted molar refractivity (Wildman–Crippen MR) is 89.2 cm³/mol. The average molecular weight is 310 g/mol. The van der Waals surface area contributed by atoms with Crippen LogP contribution in [0.15, 0.2) is 48.8 Å². The molecule has 0 aliphatic carbocycles. The van der Waals surface area contributed by atoms with Crippen molar-refractivity contribution < 1.29 is 9.53 Å².